The molecular formula is C15H25ClN4. The van der Waals surface area contributed by atoms with Gasteiger partial charge in [-0.25, -0.2) is 4.98 Å². The molecule has 1 saturated heterocycles. The lowest BCUT2D eigenvalue weighted by Gasteiger charge is -2.33. The number of pyridine rings is 1. The molecule has 1 aliphatic rings. The van der Waals surface area contributed by atoms with Crippen LogP contribution in [0.15, 0.2) is 12.3 Å². The Morgan fingerprint density at radius 1 is 1.25 bits per heavy atom. The molecule has 1 aromatic rings. The summed E-state index contributed by atoms with van der Waals surface area (Å²) >= 11 is 6.26. The van der Waals surface area contributed by atoms with Gasteiger partial charge in [0.2, 0.25) is 0 Å². The summed E-state index contributed by atoms with van der Waals surface area (Å²) in [6.45, 7) is 11.5. The Labute approximate surface area is 127 Å². The maximum Gasteiger partial charge on any atom is 0.128 e. The van der Waals surface area contributed by atoms with Crippen molar-refractivity contribution < 1.29 is 0 Å². The molecular weight excluding hydrogens is 272 g/mol. The number of halogens is 1. The number of likely N-dealkylation sites (N-methyl/N-ethyl adjacent to an activating group) is 1. The van der Waals surface area contributed by atoms with Gasteiger partial charge in [0.25, 0.3) is 0 Å². The Hall–Kier alpha value is -0.840. The predicted molar refractivity (Wildman–Crippen MR) is 85.5 cm³/mol. The lowest BCUT2D eigenvalue weighted by Crippen LogP contribution is -2.44. The van der Waals surface area contributed by atoms with Crippen LogP contribution in [0, 0.1) is 0 Å². The van der Waals surface area contributed by atoms with Crippen LogP contribution >= 0.6 is 11.6 Å². The third-order valence-electron chi connectivity index (χ3n) is 3.56. The fraction of sp³-hybridized carbons (Fsp3) is 0.667. The number of piperazine rings is 1. The number of hydrogen-bond donors (Lipinski definition) is 1. The highest BCUT2D eigenvalue weighted by Gasteiger charge is 2.17. The smallest absolute Gasteiger partial charge is 0.128 e. The maximum absolute atomic E-state index is 6.26. The molecule has 1 fully saturated rings. The van der Waals surface area contributed by atoms with E-state index in [1.54, 1.807) is 6.20 Å². The van der Waals surface area contributed by atoms with Crippen molar-refractivity contribution in [3.8, 4) is 0 Å². The van der Waals surface area contributed by atoms with E-state index in [2.05, 4.69) is 54.0 Å². The monoisotopic (exact) mass is 296 g/mol. The Morgan fingerprint density at radius 3 is 2.50 bits per heavy atom. The van der Waals surface area contributed by atoms with Gasteiger partial charge in [-0.3, -0.25) is 0 Å². The molecule has 0 aromatic carbocycles. The number of rotatable bonds is 3. The van der Waals surface area contributed by atoms with Crippen molar-refractivity contribution in [2.24, 2.45) is 0 Å². The van der Waals surface area contributed by atoms with Gasteiger partial charge in [0.05, 0.1) is 5.02 Å². The minimum atomic E-state index is 0.0839. The van der Waals surface area contributed by atoms with Crippen LogP contribution < -0.4 is 10.2 Å². The van der Waals surface area contributed by atoms with E-state index in [9.17, 15) is 0 Å². The van der Waals surface area contributed by atoms with Gasteiger partial charge in [-0.1, -0.05) is 11.6 Å². The standard InChI is InChI=1S/C15H25ClN4/c1-15(2,3)18-10-12-9-14(17-11-13(12)16)20-7-5-19(4)6-8-20/h9,11,18H,5-8,10H2,1-4H3. The van der Waals surface area contributed by atoms with Crippen LogP contribution in [0.1, 0.15) is 26.3 Å². The van der Waals surface area contributed by atoms with Crippen molar-refractivity contribution in [1.29, 1.82) is 0 Å². The topological polar surface area (TPSA) is 31.4 Å². The van der Waals surface area contributed by atoms with Gasteiger partial charge >= 0.3 is 0 Å². The molecule has 1 aliphatic heterocycles. The fourth-order valence-electron chi connectivity index (χ4n) is 2.17. The third kappa shape index (κ3) is 4.33. The van der Waals surface area contributed by atoms with Crippen molar-refractivity contribution in [2.75, 3.05) is 38.1 Å². The normalized spacial score (nSPS) is 17.6. The summed E-state index contributed by atoms with van der Waals surface area (Å²) < 4.78 is 0. The predicted octanol–water partition coefficient (Wildman–Crippen LogP) is 2.37. The summed E-state index contributed by atoms with van der Waals surface area (Å²) in [6, 6.07) is 2.12. The summed E-state index contributed by atoms with van der Waals surface area (Å²) in [4.78, 5) is 9.15. The molecule has 0 spiro atoms. The molecule has 1 N–H and O–H groups in total. The quantitative estimate of drug-likeness (QED) is 0.928. The first-order valence-corrected chi connectivity index (χ1v) is 7.56. The van der Waals surface area contributed by atoms with Gasteiger partial charge in [0, 0.05) is 44.5 Å². The molecule has 0 bridgehead atoms. The highest BCUT2D eigenvalue weighted by Crippen LogP contribution is 2.22. The van der Waals surface area contributed by atoms with Gasteiger partial charge in [-0.2, -0.15) is 0 Å². The highest BCUT2D eigenvalue weighted by molar-refractivity contribution is 6.31. The van der Waals surface area contributed by atoms with Gasteiger partial charge in [0.1, 0.15) is 5.82 Å². The first-order chi connectivity index (χ1) is 9.35. The number of anilines is 1. The molecule has 20 heavy (non-hydrogen) atoms. The van der Waals surface area contributed by atoms with E-state index in [4.69, 9.17) is 11.6 Å². The van der Waals surface area contributed by atoms with Gasteiger partial charge in [0.15, 0.2) is 0 Å². The summed E-state index contributed by atoms with van der Waals surface area (Å²) in [5, 5.41) is 4.21. The van der Waals surface area contributed by atoms with E-state index in [1.165, 1.54) is 0 Å². The molecule has 0 atom stereocenters. The summed E-state index contributed by atoms with van der Waals surface area (Å²) in [5.41, 5.74) is 1.20. The molecule has 0 radical (unpaired) electrons. The van der Waals surface area contributed by atoms with Crippen molar-refractivity contribution in [3.63, 3.8) is 0 Å². The van der Waals surface area contributed by atoms with Crippen molar-refractivity contribution in [3.05, 3.63) is 22.8 Å². The van der Waals surface area contributed by atoms with E-state index in [1.807, 2.05) is 0 Å². The molecule has 0 unspecified atom stereocenters. The minimum absolute atomic E-state index is 0.0839. The minimum Gasteiger partial charge on any atom is -0.354 e. The van der Waals surface area contributed by atoms with E-state index in [0.717, 1.165) is 49.1 Å². The van der Waals surface area contributed by atoms with Crippen molar-refractivity contribution >= 4 is 17.4 Å². The van der Waals surface area contributed by atoms with Crippen LogP contribution in [0.25, 0.3) is 0 Å². The SMILES string of the molecule is CN1CCN(c2cc(CNC(C)(C)C)c(Cl)cn2)CC1. The van der Waals surface area contributed by atoms with E-state index in [0.29, 0.717) is 0 Å². The van der Waals surface area contributed by atoms with E-state index in [-0.39, 0.29) is 5.54 Å². The first kappa shape index (κ1) is 15.5. The Kier molecular flexibility index (Phi) is 4.89. The van der Waals surface area contributed by atoms with Crippen LogP contribution in [-0.2, 0) is 6.54 Å². The maximum atomic E-state index is 6.26. The van der Waals surface area contributed by atoms with Gasteiger partial charge < -0.3 is 15.1 Å². The lowest BCUT2D eigenvalue weighted by molar-refractivity contribution is 0.312. The average Bonchev–Trinajstić information content (AvgIpc) is 2.38. The van der Waals surface area contributed by atoms with E-state index >= 15 is 0 Å². The number of nitrogens with one attached hydrogen (secondary N) is 1. The molecule has 0 aliphatic carbocycles. The molecule has 2 rings (SSSR count). The van der Waals surface area contributed by atoms with Crippen LogP contribution in [0.3, 0.4) is 0 Å². The van der Waals surface area contributed by atoms with Crippen LogP contribution in [0.2, 0.25) is 5.02 Å². The molecule has 2 heterocycles. The molecule has 5 heteroatoms. The molecule has 112 valence electrons. The molecule has 0 amide bonds. The Bertz CT molecular complexity index is 448. The third-order valence-corrected chi connectivity index (χ3v) is 3.90. The van der Waals surface area contributed by atoms with Crippen LogP contribution in [0.5, 0.6) is 0 Å². The second-order valence-electron chi connectivity index (χ2n) is 6.53. The van der Waals surface area contributed by atoms with Gasteiger partial charge in [-0.05, 0) is 39.4 Å². The zero-order valence-electron chi connectivity index (χ0n) is 12.9. The number of nitrogens with zero attached hydrogens (tertiary/aromatic N) is 3. The zero-order valence-corrected chi connectivity index (χ0v) is 13.7. The Balaban J connectivity index is 2.08. The summed E-state index contributed by atoms with van der Waals surface area (Å²) in [5.74, 6) is 1.04. The zero-order chi connectivity index (χ0) is 14.8. The summed E-state index contributed by atoms with van der Waals surface area (Å²) in [6.07, 6.45) is 1.77. The first-order valence-electron chi connectivity index (χ1n) is 7.18. The van der Waals surface area contributed by atoms with Crippen LogP contribution in [0.4, 0.5) is 5.82 Å². The molecule has 1 aromatic heterocycles. The number of hydrogen-bond acceptors (Lipinski definition) is 4. The van der Waals surface area contributed by atoms with E-state index < -0.39 is 0 Å². The number of aromatic nitrogens is 1. The second-order valence-corrected chi connectivity index (χ2v) is 6.93. The summed E-state index contributed by atoms with van der Waals surface area (Å²) in [7, 11) is 2.16. The average molecular weight is 297 g/mol. The van der Waals surface area contributed by atoms with Crippen LogP contribution in [-0.4, -0.2) is 48.6 Å². The van der Waals surface area contributed by atoms with Gasteiger partial charge in [-0.15, -0.1) is 0 Å². The van der Waals surface area contributed by atoms with Crippen molar-refractivity contribution in [1.82, 2.24) is 15.2 Å². The molecule has 0 saturated carbocycles. The highest BCUT2D eigenvalue weighted by atomic mass is 35.5. The largest absolute Gasteiger partial charge is 0.354 e. The Morgan fingerprint density at radius 2 is 1.90 bits per heavy atom. The fourth-order valence-corrected chi connectivity index (χ4v) is 2.34. The molecule has 4 nitrogen and oxygen atoms in total. The van der Waals surface area contributed by atoms with Crippen molar-refractivity contribution in [2.45, 2.75) is 32.9 Å². The lowest BCUT2D eigenvalue weighted by atomic mass is 10.1. The second kappa shape index (κ2) is 6.29.